The predicted molar refractivity (Wildman–Crippen MR) is 69.5 cm³/mol. The summed E-state index contributed by atoms with van der Waals surface area (Å²) in [6, 6.07) is 1.42. The van der Waals surface area contributed by atoms with Crippen molar-refractivity contribution in [3.8, 4) is 0 Å². The van der Waals surface area contributed by atoms with Gasteiger partial charge in [0.1, 0.15) is 0 Å². The average molecular weight is 302 g/mol. The van der Waals surface area contributed by atoms with Crippen LogP contribution in [-0.2, 0) is 0 Å². The minimum absolute atomic E-state index is 0.315. The smallest absolute Gasteiger partial charge is 0.376 e. The molecule has 0 aliphatic carbocycles. The number of rotatable bonds is 2. The molecule has 0 amide bonds. The van der Waals surface area contributed by atoms with E-state index in [1.54, 1.807) is 13.0 Å². The Morgan fingerprint density at radius 2 is 2.06 bits per heavy atom. The van der Waals surface area contributed by atoms with E-state index >= 15 is 0 Å². The van der Waals surface area contributed by atoms with Gasteiger partial charge in [-0.2, -0.15) is 0 Å². The first kappa shape index (κ1) is 12.8. The Morgan fingerprint density at radius 3 is 2.59 bits per heavy atom. The third-order valence-corrected chi connectivity index (χ3v) is 3.36. The van der Waals surface area contributed by atoms with E-state index in [-0.39, 0.29) is 5.82 Å². The summed E-state index contributed by atoms with van der Waals surface area (Å²) in [4.78, 5) is 7.95. The second-order valence-electron chi connectivity index (χ2n) is 4.11. The van der Waals surface area contributed by atoms with Crippen molar-refractivity contribution >= 4 is 28.8 Å². The second-order valence-corrected chi connectivity index (χ2v) is 5.03. The number of halogens is 2. The van der Waals surface area contributed by atoms with Gasteiger partial charge < -0.3 is 14.7 Å². The van der Waals surface area contributed by atoms with Crippen LogP contribution in [0.3, 0.4) is 0 Å². The highest BCUT2D eigenvalue weighted by atomic mass is 79.9. The van der Waals surface area contributed by atoms with Gasteiger partial charge in [-0.3, -0.25) is 0 Å². The van der Waals surface area contributed by atoms with E-state index in [9.17, 15) is 9.41 Å². The van der Waals surface area contributed by atoms with Crippen molar-refractivity contribution in [2.45, 2.75) is 6.82 Å². The first-order valence-electron chi connectivity index (χ1n) is 5.56. The van der Waals surface area contributed by atoms with Crippen LogP contribution in [0, 0.1) is 5.82 Å². The zero-order chi connectivity index (χ0) is 12.4. The molecule has 1 saturated heterocycles. The lowest BCUT2D eigenvalue weighted by Gasteiger charge is -2.36. The highest BCUT2D eigenvalue weighted by molar-refractivity contribution is 9.10. The Balaban J connectivity index is 2.05. The predicted octanol–water partition coefficient (Wildman–Crippen LogP) is 1.22. The van der Waals surface area contributed by atoms with E-state index in [2.05, 4.69) is 20.9 Å². The number of piperazine rings is 1. The van der Waals surface area contributed by atoms with Gasteiger partial charge in [-0.15, -0.1) is 0 Å². The number of nitrogens with zero attached hydrogens (tertiary/aromatic N) is 3. The summed E-state index contributed by atoms with van der Waals surface area (Å²) in [6.45, 7) is 4.53. The van der Waals surface area contributed by atoms with E-state index in [1.165, 1.54) is 6.07 Å². The van der Waals surface area contributed by atoms with Crippen LogP contribution in [0.4, 0.5) is 10.2 Å². The number of pyridine rings is 1. The Morgan fingerprint density at radius 1 is 1.41 bits per heavy atom. The van der Waals surface area contributed by atoms with Gasteiger partial charge in [-0.1, -0.05) is 0 Å². The van der Waals surface area contributed by atoms with Crippen molar-refractivity contribution in [1.82, 2.24) is 9.79 Å². The zero-order valence-electron chi connectivity index (χ0n) is 9.61. The molecule has 2 heterocycles. The summed E-state index contributed by atoms with van der Waals surface area (Å²) in [7, 11) is -0.445. The normalized spacial score (nSPS) is 17.3. The van der Waals surface area contributed by atoms with E-state index < -0.39 is 7.05 Å². The fourth-order valence-corrected chi connectivity index (χ4v) is 2.25. The average Bonchev–Trinajstić information content (AvgIpc) is 2.29. The third kappa shape index (κ3) is 2.97. The van der Waals surface area contributed by atoms with Gasteiger partial charge in [-0.05, 0) is 28.8 Å². The van der Waals surface area contributed by atoms with Crippen LogP contribution in [0.2, 0.25) is 6.82 Å². The molecule has 0 bridgehead atoms. The standard InChI is InChI=1S/C10H14BBrFN3O/c1-11(17)16-4-2-15(3-5-16)10-9(13)6-8(12)7-14-10/h6-7,17H,2-5H2,1H3. The molecule has 7 heteroatoms. The summed E-state index contributed by atoms with van der Waals surface area (Å²) < 4.78 is 14.3. The van der Waals surface area contributed by atoms with Crippen molar-refractivity contribution in [2.75, 3.05) is 31.1 Å². The molecule has 0 unspecified atom stereocenters. The van der Waals surface area contributed by atoms with Gasteiger partial charge in [-0.25, -0.2) is 9.37 Å². The topological polar surface area (TPSA) is 39.6 Å². The molecule has 92 valence electrons. The summed E-state index contributed by atoms with van der Waals surface area (Å²) in [5.74, 6) is 0.0725. The van der Waals surface area contributed by atoms with Gasteiger partial charge in [0.05, 0.1) is 0 Å². The summed E-state index contributed by atoms with van der Waals surface area (Å²) >= 11 is 3.19. The number of anilines is 1. The Hall–Kier alpha value is -0.655. The van der Waals surface area contributed by atoms with Gasteiger partial charge in [0.25, 0.3) is 0 Å². The van der Waals surface area contributed by atoms with E-state index in [0.29, 0.717) is 23.4 Å². The lowest BCUT2D eigenvalue weighted by Crippen LogP contribution is -2.51. The first-order valence-corrected chi connectivity index (χ1v) is 6.35. The Bertz CT molecular complexity index is 399. The van der Waals surface area contributed by atoms with Crippen molar-refractivity contribution in [3.05, 3.63) is 22.6 Å². The molecule has 4 nitrogen and oxygen atoms in total. The second kappa shape index (κ2) is 5.33. The SMILES string of the molecule is CB(O)N1CCN(c2ncc(Br)cc2F)CC1. The molecule has 0 atom stereocenters. The Labute approximate surface area is 109 Å². The number of aromatic nitrogens is 1. The molecule has 2 rings (SSSR count). The first-order chi connectivity index (χ1) is 8.08. The largest absolute Gasteiger partial charge is 0.437 e. The summed E-state index contributed by atoms with van der Waals surface area (Å²) in [5.41, 5.74) is 0. The molecule has 0 radical (unpaired) electrons. The molecule has 1 aliphatic rings. The lowest BCUT2D eigenvalue weighted by molar-refractivity contribution is 0.342. The molecule has 1 aliphatic heterocycles. The fraction of sp³-hybridized carbons (Fsp3) is 0.500. The van der Waals surface area contributed by atoms with Crippen LogP contribution < -0.4 is 4.90 Å². The maximum Gasteiger partial charge on any atom is 0.376 e. The van der Waals surface area contributed by atoms with Gasteiger partial charge >= 0.3 is 7.05 Å². The molecule has 0 aromatic carbocycles. The molecule has 1 aromatic heterocycles. The molecule has 1 N–H and O–H groups in total. The highest BCUT2D eigenvalue weighted by Crippen LogP contribution is 2.21. The van der Waals surface area contributed by atoms with Crippen LogP contribution in [0.15, 0.2) is 16.7 Å². The third-order valence-electron chi connectivity index (χ3n) is 2.93. The molecule has 1 aromatic rings. The van der Waals surface area contributed by atoms with Crippen LogP contribution in [0.5, 0.6) is 0 Å². The van der Waals surface area contributed by atoms with Gasteiger partial charge in [0.15, 0.2) is 11.6 Å². The van der Waals surface area contributed by atoms with Crippen LogP contribution >= 0.6 is 15.9 Å². The molecule has 1 fully saturated rings. The van der Waals surface area contributed by atoms with Crippen molar-refractivity contribution in [3.63, 3.8) is 0 Å². The summed E-state index contributed by atoms with van der Waals surface area (Å²) in [5, 5.41) is 9.44. The van der Waals surface area contributed by atoms with Crippen molar-refractivity contribution in [2.24, 2.45) is 0 Å². The maximum absolute atomic E-state index is 13.7. The molecular formula is C10H14BBrFN3O. The van der Waals surface area contributed by atoms with Crippen LogP contribution in [0.25, 0.3) is 0 Å². The lowest BCUT2D eigenvalue weighted by atomic mass is 9.84. The highest BCUT2D eigenvalue weighted by Gasteiger charge is 2.24. The fourth-order valence-electron chi connectivity index (χ4n) is 1.95. The molecule has 0 saturated carbocycles. The minimum Gasteiger partial charge on any atom is -0.437 e. The quantitative estimate of drug-likeness (QED) is 0.834. The van der Waals surface area contributed by atoms with E-state index in [0.717, 1.165) is 13.1 Å². The monoisotopic (exact) mass is 301 g/mol. The van der Waals surface area contributed by atoms with E-state index in [4.69, 9.17) is 0 Å². The zero-order valence-corrected chi connectivity index (χ0v) is 11.2. The van der Waals surface area contributed by atoms with Crippen molar-refractivity contribution in [1.29, 1.82) is 0 Å². The molecule has 17 heavy (non-hydrogen) atoms. The number of hydrogen-bond donors (Lipinski definition) is 1. The number of hydrogen-bond acceptors (Lipinski definition) is 4. The van der Waals surface area contributed by atoms with Crippen LogP contribution in [0.1, 0.15) is 0 Å². The van der Waals surface area contributed by atoms with Crippen LogP contribution in [-0.4, -0.2) is 48.0 Å². The van der Waals surface area contributed by atoms with Crippen molar-refractivity contribution < 1.29 is 9.41 Å². The van der Waals surface area contributed by atoms with Gasteiger partial charge in [0, 0.05) is 36.8 Å². The summed E-state index contributed by atoms with van der Waals surface area (Å²) in [6.07, 6.45) is 1.60. The molecule has 0 spiro atoms. The molecular weight excluding hydrogens is 288 g/mol. The maximum atomic E-state index is 13.7. The Kier molecular flexibility index (Phi) is 4.01. The van der Waals surface area contributed by atoms with E-state index in [1.807, 2.05) is 9.71 Å². The minimum atomic E-state index is -0.445. The van der Waals surface area contributed by atoms with Gasteiger partial charge in [0.2, 0.25) is 0 Å².